The summed E-state index contributed by atoms with van der Waals surface area (Å²) in [5.74, 6) is 0.579. The summed E-state index contributed by atoms with van der Waals surface area (Å²) >= 11 is 0. The lowest BCUT2D eigenvalue weighted by atomic mass is 10.1. The summed E-state index contributed by atoms with van der Waals surface area (Å²) in [5, 5.41) is 0. The van der Waals surface area contributed by atoms with Gasteiger partial charge in [0, 0.05) is 18.8 Å². The first-order valence-corrected chi connectivity index (χ1v) is 8.25. The molecule has 8 heteroatoms. The van der Waals surface area contributed by atoms with Crippen LogP contribution in [-0.4, -0.2) is 55.1 Å². The van der Waals surface area contributed by atoms with Crippen LogP contribution in [0.15, 0.2) is 34.9 Å². The molecule has 1 saturated heterocycles. The van der Waals surface area contributed by atoms with E-state index in [-0.39, 0.29) is 17.6 Å². The highest BCUT2D eigenvalue weighted by Crippen LogP contribution is 2.24. The number of rotatable bonds is 5. The molecule has 1 aromatic carbocycles. The molecular formula is C18H21N3O5. The smallest absolute Gasteiger partial charge is 0.360 e. The second-order valence-corrected chi connectivity index (χ2v) is 5.95. The normalized spacial score (nSPS) is 18.0. The molecule has 3 rings (SSSR count). The Morgan fingerprint density at radius 3 is 2.65 bits per heavy atom. The summed E-state index contributed by atoms with van der Waals surface area (Å²) in [6, 6.07) is 7.08. The van der Waals surface area contributed by atoms with E-state index in [2.05, 4.69) is 9.72 Å². The number of hydrogen-bond acceptors (Lipinski definition) is 7. The molecule has 1 aliphatic heterocycles. The summed E-state index contributed by atoms with van der Waals surface area (Å²) in [4.78, 5) is 32.1. The topological polar surface area (TPSA) is 85.1 Å². The van der Waals surface area contributed by atoms with Gasteiger partial charge in [0.2, 0.25) is 11.8 Å². The molecule has 26 heavy (non-hydrogen) atoms. The summed E-state index contributed by atoms with van der Waals surface area (Å²) in [7, 11) is 2.89. The van der Waals surface area contributed by atoms with E-state index in [1.165, 1.54) is 13.4 Å². The number of ether oxygens (including phenoxy) is 2. The Hall–Kier alpha value is -2.87. The average Bonchev–Trinajstić information content (AvgIpc) is 3.14. The van der Waals surface area contributed by atoms with Gasteiger partial charge in [-0.25, -0.2) is 9.78 Å². The van der Waals surface area contributed by atoms with Crippen LogP contribution in [0.2, 0.25) is 0 Å². The largest absolute Gasteiger partial charge is 0.497 e. The molecule has 0 saturated carbocycles. The molecule has 0 unspecified atom stereocenters. The molecular weight excluding hydrogens is 338 g/mol. The molecule has 138 valence electrons. The van der Waals surface area contributed by atoms with Crippen molar-refractivity contribution in [3.8, 4) is 5.75 Å². The molecule has 1 aromatic heterocycles. The molecule has 0 bridgehead atoms. The molecule has 0 spiro atoms. The van der Waals surface area contributed by atoms with Crippen LogP contribution in [0.25, 0.3) is 0 Å². The van der Waals surface area contributed by atoms with Crippen molar-refractivity contribution in [1.82, 2.24) is 9.88 Å². The van der Waals surface area contributed by atoms with E-state index in [0.717, 1.165) is 11.4 Å². The van der Waals surface area contributed by atoms with Crippen LogP contribution in [0, 0.1) is 0 Å². The molecule has 2 heterocycles. The fourth-order valence-electron chi connectivity index (χ4n) is 2.90. The molecule has 1 fully saturated rings. The number of oxazole rings is 1. The Morgan fingerprint density at radius 1 is 1.27 bits per heavy atom. The maximum Gasteiger partial charge on any atom is 0.360 e. The van der Waals surface area contributed by atoms with Gasteiger partial charge in [0.05, 0.1) is 26.8 Å². The number of methoxy groups -OCH3 is 2. The number of esters is 1. The minimum absolute atomic E-state index is 0.00108. The van der Waals surface area contributed by atoms with Crippen LogP contribution >= 0.6 is 0 Å². The van der Waals surface area contributed by atoms with Crippen LogP contribution in [0.3, 0.4) is 0 Å². The number of nitrogens with zero attached hydrogens (tertiary/aromatic N) is 3. The fourth-order valence-corrected chi connectivity index (χ4v) is 2.90. The van der Waals surface area contributed by atoms with Crippen molar-refractivity contribution in [3.05, 3.63) is 42.1 Å². The number of anilines is 1. The van der Waals surface area contributed by atoms with Crippen molar-refractivity contribution in [2.45, 2.75) is 19.5 Å². The van der Waals surface area contributed by atoms with Gasteiger partial charge in [0.25, 0.3) is 0 Å². The fraction of sp³-hybridized carbons (Fsp3) is 0.389. The SMILES string of the molecule is COC(=O)c1coc(CN2CCN(c3ccc(OC)cc3)C(=O)[C@H]2C)n1. The van der Waals surface area contributed by atoms with Crippen molar-refractivity contribution >= 4 is 17.6 Å². The van der Waals surface area contributed by atoms with Crippen LogP contribution in [0.1, 0.15) is 23.3 Å². The third-order valence-electron chi connectivity index (χ3n) is 4.45. The summed E-state index contributed by atoms with van der Waals surface area (Å²) in [6.45, 7) is 3.41. The monoisotopic (exact) mass is 359 g/mol. The Morgan fingerprint density at radius 2 is 2.00 bits per heavy atom. The van der Waals surface area contributed by atoms with Gasteiger partial charge in [-0.15, -0.1) is 0 Å². The highest BCUT2D eigenvalue weighted by molar-refractivity contribution is 5.97. The first-order chi connectivity index (χ1) is 12.5. The van der Waals surface area contributed by atoms with E-state index in [4.69, 9.17) is 9.15 Å². The summed E-state index contributed by atoms with van der Waals surface area (Å²) < 4.78 is 15.1. The standard InChI is InChI=1S/C18H21N3O5/c1-12-17(22)21(13-4-6-14(24-2)7-5-13)9-8-20(12)10-16-19-15(11-26-16)18(23)25-3/h4-7,11-12H,8-10H2,1-3H3/t12-/m1/s1. The van der Waals surface area contributed by atoms with Gasteiger partial charge >= 0.3 is 5.97 Å². The third-order valence-corrected chi connectivity index (χ3v) is 4.45. The van der Waals surface area contributed by atoms with E-state index >= 15 is 0 Å². The minimum atomic E-state index is -0.548. The highest BCUT2D eigenvalue weighted by atomic mass is 16.5. The number of carbonyl (C=O) groups excluding carboxylic acids is 2. The number of aromatic nitrogens is 1. The van der Waals surface area contributed by atoms with Crippen molar-refractivity contribution in [2.75, 3.05) is 32.2 Å². The van der Waals surface area contributed by atoms with Gasteiger partial charge in [0.1, 0.15) is 12.0 Å². The molecule has 2 aromatic rings. The average molecular weight is 359 g/mol. The lowest BCUT2D eigenvalue weighted by molar-refractivity contribution is -0.125. The van der Waals surface area contributed by atoms with Gasteiger partial charge in [0.15, 0.2) is 5.69 Å². The van der Waals surface area contributed by atoms with Gasteiger partial charge in [-0.05, 0) is 31.2 Å². The number of piperazine rings is 1. The maximum absolute atomic E-state index is 12.8. The van der Waals surface area contributed by atoms with E-state index in [0.29, 0.717) is 25.5 Å². The van der Waals surface area contributed by atoms with Gasteiger partial charge < -0.3 is 18.8 Å². The van der Waals surface area contributed by atoms with Crippen LogP contribution in [0.5, 0.6) is 5.75 Å². The number of hydrogen-bond donors (Lipinski definition) is 0. The molecule has 0 radical (unpaired) electrons. The molecule has 1 aliphatic rings. The minimum Gasteiger partial charge on any atom is -0.497 e. The third kappa shape index (κ3) is 3.55. The predicted molar refractivity (Wildman–Crippen MR) is 93.1 cm³/mol. The second-order valence-electron chi connectivity index (χ2n) is 5.95. The molecule has 0 aliphatic carbocycles. The van der Waals surface area contributed by atoms with Crippen molar-refractivity contribution < 1.29 is 23.5 Å². The van der Waals surface area contributed by atoms with Crippen LogP contribution in [-0.2, 0) is 16.1 Å². The zero-order chi connectivity index (χ0) is 18.7. The van der Waals surface area contributed by atoms with Crippen LogP contribution in [0.4, 0.5) is 5.69 Å². The van der Waals surface area contributed by atoms with E-state index in [1.54, 1.807) is 12.0 Å². The second kappa shape index (κ2) is 7.57. The summed E-state index contributed by atoms with van der Waals surface area (Å²) in [5.41, 5.74) is 0.963. The van der Waals surface area contributed by atoms with Crippen LogP contribution < -0.4 is 9.64 Å². The quantitative estimate of drug-likeness (QED) is 0.751. The molecule has 0 N–H and O–H groups in total. The number of amides is 1. The van der Waals surface area contributed by atoms with E-state index in [1.807, 2.05) is 36.1 Å². The van der Waals surface area contributed by atoms with Gasteiger partial charge in [-0.3, -0.25) is 9.69 Å². The number of carbonyl (C=O) groups is 2. The number of benzene rings is 1. The Kier molecular flexibility index (Phi) is 5.22. The first kappa shape index (κ1) is 17.9. The predicted octanol–water partition coefficient (Wildman–Crippen LogP) is 1.71. The van der Waals surface area contributed by atoms with Crippen molar-refractivity contribution in [3.63, 3.8) is 0 Å². The van der Waals surface area contributed by atoms with E-state index < -0.39 is 5.97 Å². The Labute approximate surface area is 151 Å². The Balaban J connectivity index is 1.67. The highest BCUT2D eigenvalue weighted by Gasteiger charge is 2.33. The molecule has 1 atom stereocenters. The zero-order valence-electron chi connectivity index (χ0n) is 15.0. The summed E-state index contributed by atoms with van der Waals surface area (Å²) in [6.07, 6.45) is 1.27. The zero-order valence-corrected chi connectivity index (χ0v) is 15.0. The lowest BCUT2D eigenvalue weighted by Crippen LogP contribution is -2.55. The van der Waals surface area contributed by atoms with E-state index in [9.17, 15) is 9.59 Å². The molecule has 1 amide bonds. The van der Waals surface area contributed by atoms with Gasteiger partial charge in [-0.1, -0.05) is 0 Å². The van der Waals surface area contributed by atoms with Gasteiger partial charge in [-0.2, -0.15) is 0 Å². The Bertz CT molecular complexity index is 786. The molecule has 8 nitrogen and oxygen atoms in total. The maximum atomic E-state index is 12.8. The van der Waals surface area contributed by atoms with Crippen molar-refractivity contribution in [2.24, 2.45) is 0 Å². The van der Waals surface area contributed by atoms with Crippen molar-refractivity contribution in [1.29, 1.82) is 0 Å². The first-order valence-electron chi connectivity index (χ1n) is 8.25. The lowest BCUT2D eigenvalue weighted by Gasteiger charge is -2.38.